The van der Waals surface area contributed by atoms with Crippen molar-refractivity contribution in [1.82, 2.24) is 0 Å². The molecule has 0 bridgehead atoms. The van der Waals surface area contributed by atoms with Gasteiger partial charge in [0.15, 0.2) is 16.6 Å². The molecule has 1 heterocycles. The van der Waals surface area contributed by atoms with Crippen molar-refractivity contribution in [2.75, 3.05) is 0 Å². The number of hydrogen-bond donors (Lipinski definition) is 0. The molecule has 0 spiro atoms. The summed E-state index contributed by atoms with van der Waals surface area (Å²) < 4.78 is 6.14. The van der Waals surface area contributed by atoms with E-state index >= 15 is 0 Å². The number of hydrogen-bond acceptors (Lipinski definition) is 1. The molecule has 0 aromatic carbocycles. The molecule has 0 unspecified atom stereocenters. The van der Waals surface area contributed by atoms with Crippen LogP contribution in [0.3, 0.4) is 0 Å². The Morgan fingerprint density at radius 1 is 1.20 bits per heavy atom. The van der Waals surface area contributed by atoms with Crippen LogP contribution in [0.2, 0.25) is 38.3 Å². The lowest BCUT2D eigenvalue weighted by Gasteiger charge is -2.40. The molecule has 0 aromatic heterocycles. The highest BCUT2D eigenvalue weighted by atomic mass is 28.4. The van der Waals surface area contributed by atoms with Crippen LogP contribution in [0, 0.1) is 0 Å². The highest BCUT2D eigenvalue weighted by Crippen LogP contribution is 2.35. The summed E-state index contributed by atoms with van der Waals surface area (Å²) in [4.78, 5) is 0. The van der Waals surface area contributed by atoms with Gasteiger partial charge in [0.2, 0.25) is 0 Å². The Morgan fingerprint density at radius 3 is 1.80 bits per heavy atom. The summed E-state index contributed by atoms with van der Waals surface area (Å²) in [5.41, 5.74) is 0. The first-order chi connectivity index (χ1) is 4.41. The van der Waals surface area contributed by atoms with Crippen LogP contribution in [0.25, 0.3) is 0 Å². The third kappa shape index (κ3) is 2.21. The van der Waals surface area contributed by atoms with E-state index in [4.69, 9.17) is 4.12 Å². The maximum atomic E-state index is 6.14. The predicted octanol–water partition coefficient (Wildman–Crippen LogP) is 2.82. The van der Waals surface area contributed by atoms with Crippen molar-refractivity contribution < 1.29 is 4.12 Å². The second-order valence-corrected chi connectivity index (χ2v) is 13.5. The summed E-state index contributed by atoms with van der Waals surface area (Å²) in [6, 6.07) is 2.83. The Hall–Kier alpha value is 0.394. The maximum absolute atomic E-state index is 6.14. The molecule has 0 N–H and O–H groups in total. The average molecular weight is 174 g/mol. The van der Waals surface area contributed by atoms with Gasteiger partial charge in [-0.1, -0.05) is 6.42 Å². The fraction of sp³-hybridized carbons (Fsp3) is 1.00. The minimum absolute atomic E-state index is 1.07. The molecule has 0 saturated carbocycles. The minimum Gasteiger partial charge on any atom is -0.456 e. The molecule has 10 heavy (non-hydrogen) atoms. The largest absolute Gasteiger partial charge is 0.456 e. The van der Waals surface area contributed by atoms with Crippen molar-refractivity contribution in [3.63, 3.8) is 0 Å². The molecule has 60 valence electrons. The molecular formula is C7H18OSi2. The molecule has 1 fully saturated rings. The van der Waals surface area contributed by atoms with Crippen LogP contribution in [0.15, 0.2) is 0 Å². The molecular weight excluding hydrogens is 156 g/mol. The number of rotatable bonds is 2. The van der Waals surface area contributed by atoms with E-state index in [0.29, 0.717) is 0 Å². The quantitative estimate of drug-likeness (QED) is 0.585. The van der Waals surface area contributed by atoms with E-state index in [0.717, 1.165) is 0 Å². The van der Waals surface area contributed by atoms with Gasteiger partial charge in [-0.05, 0) is 38.3 Å². The Labute approximate surface area is 66.0 Å². The first kappa shape index (κ1) is 8.49. The summed E-state index contributed by atoms with van der Waals surface area (Å²) in [6.07, 6.45) is 1.42. The van der Waals surface area contributed by atoms with Crippen molar-refractivity contribution in [3.8, 4) is 0 Å². The van der Waals surface area contributed by atoms with Crippen molar-refractivity contribution in [3.05, 3.63) is 0 Å². The molecule has 1 saturated heterocycles. The first-order valence-corrected chi connectivity index (χ1v) is 10.3. The second kappa shape index (κ2) is 2.46. The lowest BCUT2D eigenvalue weighted by atomic mass is 10.5. The summed E-state index contributed by atoms with van der Waals surface area (Å²) in [6.45, 7) is 9.27. The Bertz CT molecular complexity index is 124. The summed E-state index contributed by atoms with van der Waals surface area (Å²) >= 11 is 0. The third-order valence-electron chi connectivity index (χ3n) is 1.96. The fourth-order valence-electron chi connectivity index (χ4n) is 1.52. The van der Waals surface area contributed by atoms with Crippen molar-refractivity contribution in [2.24, 2.45) is 0 Å². The van der Waals surface area contributed by atoms with E-state index in [9.17, 15) is 0 Å². The van der Waals surface area contributed by atoms with Crippen LogP contribution >= 0.6 is 0 Å². The molecule has 0 atom stereocenters. The van der Waals surface area contributed by atoms with Gasteiger partial charge in [0.1, 0.15) is 0 Å². The van der Waals surface area contributed by atoms with E-state index in [1.807, 2.05) is 0 Å². The molecule has 1 nitrogen and oxygen atoms in total. The predicted molar refractivity (Wildman–Crippen MR) is 50.3 cm³/mol. The standard InChI is InChI=1S/C7H18OSi2/c1-9(2,3)8-10(4)6-5-7-10/h5-7H2,1-4H3. The fourth-order valence-corrected chi connectivity index (χ4v) is 9.60. The highest BCUT2D eigenvalue weighted by molar-refractivity contribution is 6.86. The highest BCUT2D eigenvalue weighted by Gasteiger charge is 2.39. The van der Waals surface area contributed by atoms with Crippen molar-refractivity contribution >= 4 is 16.6 Å². The lowest BCUT2D eigenvalue weighted by Crippen LogP contribution is -2.49. The minimum atomic E-state index is -1.20. The Balaban J connectivity index is 2.37. The van der Waals surface area contributed by atoms with Crippen LogP contribution in [0.1, 0.15) is 6.42 Å². The molecule has 0 aromatic rings. The maximum Gasteiger partial charge on any atom is 0.176 e. The Morgan fingerprint density at radius 2 is 1.70 bits per heavy atom. The van der Waals surface area contributed by atoms with Gasteiger partial charge >= 0.3 is 0 Å². The molecule has 1 rings (SSSR count). The third-order valence-corrected chi connectivity index (χ3v) is 9.21. The van der Waals surface area contributed by atoms with Crippen molar-refractivity contribution in [2.45, 2.75) is 44.7 Å². The van der Waals surface area contributed by atoms with Gasteiger partial charge in [0.25, 0.3) is 0 Å². The zero-order valence-corrected chi connectivity index (χ0v) is 9.53. The molecule has 1 aliphatic heterocycles. The van der Waals surface area contributed by atoms with Gasteiger partial charge < -0.3 is 4.12 Å². The second-order valence-electron chi connectivity index (χ2n) is 4.52. The van der Waals surface area contributed by atoms with E-state index in [1.165, 1.54) is 18.5 Å². The van der Waals surface area contributed by atoms with Crippen LogP contribution in [-0.4, -0.2) is 16.6 Å². The van der Waals surface area contributed by atoms with Gasteiger partial charge in [0, 0.05) is 0 Å². The first-order valence-electron chi connectivity index (χ1n) is 4.12. The van der Waals surface area contributed by atoms with Crippen molar-refractivity contribution in [1.29, 1.82) is 0 Å². The normalized spacial score (nSPS) is 24.0. The zero-order chi connectivity index (χ0) is 7.83. The van der Waals surface area contributed by atoms with Gasteiger partial charge in [-0.2, -0.15) is 0 Å². The SMILES string of the molecule is C[Si](C)(C)O[Si]1(C)CCC1. The topological polar surface area (TPSA) is 9.23 Å². The Kier molecular flexibility index (Phi) is 2.09. The molecule has 0 amide bonds. The molecule has 1 aliphatic rings. The smallest absolute Gasteiger partial charge is 0.176 e. The molecule has 0 aliphatic carbocycles. The summed E-state index contributed by atoms with van der Waals surface area (Å²) in [7, 11) is -2.27. The lowest BCUT2D eigenvalue weighted by molar-refractivity contribution is 0.507. The van der Waals surface area contributed by atoms with E-state index in [2.05, 4.69) is 26.2 Å². The van der Waals surface area contributed by atoms with Crippen LogP contribution in [-0.2, 0) is 4.12 Å². The van der Waals surface area contributed by atoms with Gasteiger partial charge in [0.05, 0.1) is 0 Å². The van der Waals surface area contributed by atoms with Gasteiger partial charge in [-0.25, -0.2) is 0 Å². The zero-order valence-electron chi connectivity index (χ0n) is 7.53. The molecule has 3 heteroatoms. The summed E-state index contributed by atoms with van der Waals surface area (Å²) in [5.74, 6) is 0. The summed E-state index contributed by atoms with van der Waals surface area (Å²) in [5, 5.41) is 0. The van der Waals surface area contributed by atoms with E-state index < -0.39 is 16.6 Å². The average Bonchev–Trinajstić information content (AvgIpc) is 1.57. The monoisotopic (exact) mass is 174 g/mol. The van der Waals surface area contributed by atoms with E-state index in [1.54, 1.807) is 0 Å². The molecule has 0 radical (unpaired) electrons. The van der Waals surface area contributed by atoms with Crippen LogP contribution in [0.4, 0.5) is 0 Å². The van der Waals surface area contributed by atoms with Crippen LogP contribution in [0.5, 0.6) is 0 Å². The van der Waals surface area contributed by atoms with Gasteiger partial charge in [-0.3, -0.25) is 0 Å². The van der Waals surface area contributed by atoms with E-state index in [-0.39, 0.29) is 0 Å². The van der Waals surface area contributed by atoms with Crippen LogP contribution < -0.4 is 0 Å². The van der Waals surface area contributed by atoms with Gasteiger partial charge in [-0.15, -0.1) is 0 Å².